The zero-order valence-electron chi connectivity index (χ0n) is 13.0. The Balaban J connectivity index is 1.82. The van der Waals surface area contributed by atoms with E-state index in [0.717, 1.165) is 19.5 Å². The molecule has 0 aromatic carbocycles. The molecule has 2 N–H and O–H groups in total. The van der Waals surface area contributed by atoms with Gasteiger partial charge in [0.1, 0.15) is 6.04 Å². The van der Waals surface area contributed by atoms with Gasteiger partial charge in [-0.15, -0.1) is 0 Å². The number of urea groups is 1. The van der Waals surface area contributed by atoms with Gasteiger partial charge in [-0.2, -0.15) is 0 Å². The summed E-state index contributed by atoms with van der Waals surface area (Å²) in [6.07, 6.45) is 4.50. The number of nitrogens with zero attached hydrogens (tertiary/aromatic N) is 2. The Morgan fingerprint density at radius 2 is 1.90 bits per heavy atom. The Morgan fingerprint density at radius 3 is 2.52 bits per heavy atom. The molecule has 6 heteroatoms. The number of amides is 2. The number of rotatable bonds is 4. The minimum Gasteiger partial charge on any atom is -0.480 e. The maximum Gasteiger partial charge on any atom is 0.326 e. The lowest BCUT2D eigenvalue weighted by Gasteiger charge is -2.33. The second-order valence-corrected chi connectivity index (χ2v) is 6.37. The van der Waals surface area contributed by atoms with E-state index in [2.05, 4.69) is 17.1 Å². The van der Waals surface area contributed by atoms with Crippen LogP contribution in [0.2, 0.25) is 0 Å². The minimum atomic E-state index is -0.903. The molecule has 0 saturated carbocycles. The first kappa shape index (κ1) is 16.1. The van der Waals surface area contributed by atoms with Crippen molar-refractivity contribution in [2.45, 2.75) is 51.6 Å². The summed E-state index contributed by atoms with van der Waals surface area (Å²) in [5, 5.41) is 12.2. The summed E-state index contributed by atoms with van der Waals surface area (Å²) in [6, 6.07) is -0.622. The Morgan fingerprint density at radius 1 is 1.24 bits per heavy atom. The van der Waals surface area contributed by atoms with Crippen LogP contribution >= 0.6 is 0 Å². The van der Waals surface area contributed by atoms with Crippen molar-refractivity contribution in [3.8, 4) is 0 Å². The summed E-state index contributed by atoms with van der Waals surface area (Å²) in [4.78, 5) is 27.4. The third-order valence-corrected chi connectivity index (χ3v) is 4.78. The van der Waals surface area contributed by atoms with Gasteiger partial charge in [0.15, 0.2) is 0 Å². The molecule has 0 aromatic rings. The van der Waals surface area contributed by atoms with E-state index in [0.29, 0.717) is 19.1 Å². The van der Waals surface area contributed by atoms with Crippen molar-refractivity contribution in [1.29, 1.82) is 0 Å². The molecule has 0 bridgehead atoms. The first-order valence-corrected chi connectivity index (χ1v) is 8.02. The van der Waals surface area contributed by atoms with Crippen LogP contribution in [0.5, 0.6) is 0 Å². The molecule has 3 unspecified atom stereocenters. The van der Waals surface area contributed by atoms with Crippen LogP contribution < -0.4 is 5.32 Å². The van der Waals surface area contributed by atoms with Crippen LogP contribution in [-0.2, 0) is 4.79 Å². The van der Waals surface area contributed by atoms with E-state index >= 15 is 0 Å². The highest BCUT2D eigenvalue weighted by atomic mass is 16.4. The van der Waals surface area contributed by atoms with E-state index in [1.165, 1.54) is 24.2 Å². The van der Waals surface area contributed by atoms with E-state index < -0.39 is 12.0 Å². The van der Waals surface area contributed by atoms with Gasteiger partial charge in [0.25, 0.3) is 0 Å². The summed E-state index contributed by atoms with van der Waals surface area (Å²) < 4.78 is 0. The van der Waals surface area contributed by atoms with Crippen molar-refractivity contribution in [2.24, 2.45) is 5.92 Å². The number of aliphatic carboxylic acids is 1. The molecule has 0 aliphatic carbocycles. The lowest BCUT2D eigenvalue weighted by molar-refractivity contribution is -0.142. The minimum absolute atomic E-state index is 0.0211. The second-order valence-electron chi connectivity index (χ2n) is 6.37. The highest BCUT2D eigenvalue weighted by Gasteiger charge is 2.39. The molecule has 2 heterocycles. The molecule has 0 radical (unpaired) electrons. The zero-order valence-corrected chi connectivity index (χ0v) is 13.0. The van der Waals surface area contributed by atoms with Crippen LogP contribution in [-0.4, -0.2) is 65.2 Å². The van der Waals surface area contributed by atoms with E-state index in [-0.39, 0.29) is 11.9 Å². The standard InChI is InChI=1S/C15H27N3O3/c1-11-6-9-18(13(11)14(19)20)15(21)16-10-12(2)17-7-4-3-5-8-17/h11-13H,3-10H2,1-2H3,(H,16,21)(H,19,20). The second kappa shape index (κ2) is 7.11. The lowest BCUT2D eigenvalue weighted by Crippen LogP contribution is -2.51. The van der Waals surface area contributed by atoms with Crippen molar-refractivity contribution < 1.29 is 14.7 Å². The van der Waals surface area contributed by atoms with E-state index in [9.17, 15) is 14.7 Å². The molecule has 2 fully saturated rings. The largest absolute Gasteiger partial charge is 0.480 e. The number of hydrogen-bond donors (Lipinski definition) is 2. The average molecular weight is 297 g/mol. The number of hydrogen-bond acceptors (Lipinski definition) is 3. The van der Waals surface area contributed by atoms with Crippen molar-refractivity contribution in [3.63, 3.8) is 0 Å². The molecule has 2 saturated heterocycles. The van der Waals surface area contributed by atoms with E-state index in [1.807, 2.05) is 6.92 Å². The Labute approximate surface area is 126 Å². The maximum absolute atomic E-state index is 12.2. The highest BCUT2D eigenvalue weighted by molar-refractivity contribution is 5.83. The third-order valence-electron chi connectivity index (χ3n) is 4.78. The highest BCUT2D eigenvalue weighted by Crippen LogP contribution is 2.24. The van der Waals surface area contributed by atoms with Crippen LogP contribution in [0.25, 0.3) is 0 Å². The summed E-state index contributed by atoms with van der Waals surface area (Å²) >= 11 is 0. The van der Waals surface area contributed by atoms with E-state index in [4.69, 9.17) is 0 Å². The van der Waals surface area contributed by atoms with Gasteiger partial charge >= 0.3 is 12.0 Å². The first-order chi connectivity index (χ1) is 10.0. The van der Waals surface area contributed by atoms with Crippen LogP contribution in [0, 0.1) is 5.92 Å². The zero-order chi connectivity index (χ0) is 15.4. The average Bonchev–Trinajstić information content (AvgIpc) is 2.87. The smallest absolute Gasteiger partial charge is 0.326 e. The summed E-state index contributed by atoms with van der Waals surface area (Å²) in [5.41, 5.74) is 0. The summed E-state index contributed by atoms with van der Waals surface area (Å²) in [6.45, 7) is 7.30. The molecule has 21 heavy (non-hydrogen) atoms. The molecule has 2 aliphatic heterocycles. The van der Waals surface area contributed by atoms with Gasteiger partial charge in [0.2, 0.25) is 0 Å². The quantitative estimate of drug-likeness (QED) is 0.822. The third kappa shape index (κ3) is 3.87. The Hall–Kier alpha value is -1.30. The molecular weight excluding hydrogens is 270 g/mol. The SMILES string of the molecule is CC1CCN(C(=O)NCC(C)N2CCCCC2)C1C(=O)O. The molecule has 2 rings (SSSR count). The summed E-state index contributed by atoms with van der Waals surface area (Å²) in [5.74, 6) is -0.882. The van der Waals surface area contributed by atoms with Gasteiger partial charge < -0.3 is 15.3 Å². The lowest BCUT2D eigenvalue weighted by atomic mass is 10.0. The van der Waals surface area contributed by atoms with Crippen LogP contribution in [0.4, 0.5) is 4.79 Å². The molecule has 6 nitrogen and oxygen atoms in total. The van der Waals surface area contributed by atoms with Crippen LogP contribution in [0.3, 0.4) is 0 Å². The monoisotopic (exact) mass is 297 g/mol. The molecule has 2 aliphatic rings. The Bertz CT molecular complexity index is 382. The fraction of sp³-hybridized carbons (Fsp3) is 0.867. The molecule has 3 atom stereocenters. The number of carboxylic acid groups (broad SMARTS) is 1. The maximum atomic E-state index is 12.2. The summed E-state index contributed by atoms with van der Waals surface area (Å²) in [7, 11) is 0. The van der Waals surface area contributed by atoms with Crippen LogP contribution in [0.1, 0.15) is 39.5 Å². The molecule has 2 amide bonds. The van der Waals surface area contributed by atoms with Crippen molar-refractivity contribution >= 4 is 12.0 Å². The number of likely N-dealkylation sites (tertiary alicyclic amines) is 2. The molecule has 0 spiro atoms. The van der Waals surface area contributed by atoms with Gasteiger partial charge in [0, 0.05) is 19.1 Å². The van der Waals surface area contributed by atoms with E-state index in [1.54, 1.807) is 0 Å². The molecular formula is C15H27N3O3. The number of carbonyl (C=O) groups is 2. The number of carboxylic acids is 1. The molecule has 120 valence electrons. The molecule has 0 aromatic heterocycles. The van der Waals surface area contributed by atoms with Crippen molar-refractivity contribution in [1.82, 2.24) is 15.1 Å². The van der Waals surface area contributed by atoms with Gasteiger partial charge in [0.05, 0.1) is 0 Å². The van der Waals surface area contributed by atoms with Crippen molar-refractivity contribution in [3.05, 3.63) is 0 Å². The van der Waals surface area contributed by atoms with Gasteiger partial charge in [-0.25, -0.2) is 9.59 Å². The first-order valence-electron chi connectivity index (χ1n) is 8.02. The van der Waals surface area contributed by atoms with Gasteiger partial charge in [-0.3, -0.25) is 4.90 Å². The number of piperidine rings is 1. The predicted octanol–water partition coefficient (Wildman–Crippen LogP) is 1.37. The fourth-order valence-corrected chi connectivity index (χ4v) is 3.38. The number of nitrogens with one attached hydrogen (secondary N) is 1. The fourth-order valence-electron chi connectivity index (χ4n) is 3.38. The predicted molar refractivity (Wildman–Crippen MR) is 80.2 cm³/mol. The van der Waals surface area contributed by atoms with Gasteiger partial charge in [-0.05, 0) is 45.2 Å². The topological polar surface area (TPSA) is 72.9 Å². The Kier molecular flexibility index (Phi) is 5.45. The normalized spacial score (nSPS) is 28.4. The van der Waals surface area contributed by atoms with Crippen molar-refractivity contribution in [2.75, 3.05) is 26.2 Å². The van der Waals surface area contributed by atoms with Crippen LogP contribution in [0.15, 0.2) is 0 Å². The number of carbonyl (C=O) groups excluding carboxylic acids is 1. The van der Waals surface area contributed by atoms with Gasteiger partial charge in [-0.1, -0.05) is 13.3 Å².